The quantitative estimate of drug-likeness (QED) is 0.637. The number of hydrogen-bond donors (Lipinski definition) is 2. The van der Waals surface area contributed by atoms with Gasteiger partial charge in [0.05, 0.1) is 16.4 Å². The molecule has 114 valence electrons. The van der Waals surface area contributed by atoms with Crippen LogP contribution in [0.1, 0.15) is 29.4 Å². The highest BCUT2D eigenvalue weighted by atomic mass is 35.5. The second-order valence-electron chi connectivity index (χ2n) is 5.44. The first-order valence-electron chi connectivity index (χ1n) is 7.27. The minimum Gasteiger partial charge on any atom is -0.271 e. The number of rotatable bonds is 6. The van der Waals surface area contributed by atoms with Crippen molar-refractivity contribution in [2.75, 3.05) is 0 Å². The molecule has 0 bridgehead atoms. The van der Waals surface area contributed by atoms with E-state index in [1.807, 2.05) is 11.7 Å². The third-order valence-corrected chi connectivity index (χ3v) is 4.22. The predicted octanol–water partition coefficient (Wildman–Crippen LogP) is 2.56. The summed E-state index contributed by atoms with van der Waals surface area (Å²) in [5.41, 5.74) is 7.40. The van der Waals surface area contributed by atoms with Crippen LogP contribution in [0.25, 0.3) is 0 Å². The molecule has 0 radical (unpaired) electrons. The minimum atomic E-state index is 0.130. The lowest BCUT2D eigenvalue weighted by atomic mass is 10.0. The fraction of sp³-hybridized carbons (Fsp3) is 0.438. The number of aromatic nitrogens is 2. The summed E-state index contributed by atoms with van der Waals surface area (Å²) in [5, 5.41) is 5.22. The van der Waals surface area contributed by atoms with E-state index in [9.17, 15) is 0 Å². The van der Waals surface area contributed by atoms with Crippen LogP contribution in [0, 0.1) is 6.92 Å². The number of nitrogens with zero attached hydrogens (tertiary/aromatic N) is 2. The van der Waals surface area contributed by atoms with Gasteiger partial charge in [0.15, 0.2) is 0 Å². The molecule has 0 aliphatic carbocycles. The van der Waals surface area contributed by atoms with Gasteiger partial charge in [-0.25, -0.2) is 0 Å². The summed E-state index contributed by atoms with van der Waals surface area (Å²) in [6.45, 7) is 4.15. The van der Waals surface area contributed by atoms with Gasteiger partial charge in [0.2, 0.25) is 0 Å². The largest absolute Gasteiger partial charge is 0.271 e. The van der Waals surface area contributed by atoms with Crippen molar-refractivity contribution in [3.8, 4) is 0 Å². The number of hydrazine groups is 1. The van der Waals surface area contributed by atoms with Gasteiger partial charge in [-0.05, 0) is 25.3 Å². The molecule has 3 N–H and O–H groups in total. The van der Waals surface area contributed by atoms with Crippen molar-refractivity contribution in [2.24, 2.45) is 12.9 Å². The van der Waals surface area contributed by atoms with Crippen molar-refractivity contribution in [1.29, 1.82) is 0 Å². The average Bonchev–Trinajstić information content (AvgIpc) is 2.75. The lowest BCUT2D eigenvalue weighted by Gasteiger charge is -2.16. The van der Waals surface area contributed by atoms with Crippen molar-refractivity contribution in [2.45, 2.75) is 39.2 Å². The van der Waals surface area contributed by atoms with Crippen LogP contribution in [0.5, 0.6) is 0 Å². The van der Waals surface area contributed by atoms with Gasteiger partial charge < -0.3 is 0 Å². The zero-order chi connectivity index (χ0) is 15.4. The molecule has 0 amide bonds. The Labute approximate surface area is 131 Å². The van der Waals surface area contributed by atoms with Gasteiger partial charge in [0, 0.05) is 19.5 Å². The van der Waals surface area contributed by atoms with Crippen molar-refractivity contribution in [1.82, 2.24) is 15.2 Å². The minimum absolute atomic E-state index is 0.130. The molecule has 4 nitrogen and oxygen atoms in total. The van der Waals surface area contributed by atoms with Gasteiger partial charge >= 0.3 is 0 Å². The predicted molar refractivity (Wildman–Crippen MR) is 87.3 cm³/mol. The third-order valence-electron chi connectivity index (χ3n) is 3.78. The van der Waals surface area contributed by atoms with E-state index in [0.29, 0.717) is 0 Å². The smallest absolute Gasteiger partial charge is 0.0850 e. The van der Waals surface area contributed by atoms with Crippen LogP contribution in [-0.4, -0.2) is 15.8 Å². The molecule has 1 aromatic heterocycles. The Hall–Kier alpha value is -1.36. The van der Waals surface area contributed by atoms with E-state index in [0.717, 1.165) is 35.7 Å². The SMILES string of the molecule is CCc1nn(C)c(CC(Cc2ccc(C)cc2)NN)c1Cl. The highest BCUT2D eigenvalue weighted by Gasteiger charge is 2.17. The van der Waals surface area contributed by atoms with Crippen LogP contribution in [0.15, 0.2) is 24.3 Å². The third kappa shape index (κ3) is 3.84. The van der Waals surface area contributed by atoms with Crippen molar-refractivity contribution in [3.05, 3.63) is 51.8 Å². The summed E-state index contributed by atoms with van der Waals surface area (Å²) in [6, 6.07) is 8.65. The highest BCUT2D eigenvalue weighted by Crippen LogP contribution is 2.22. The summed E-state index contributed by atoms with van der Waals surface area (Å²) in [5.74, 6) is 5.72. The molecule has 5 heteroatoms. The Balaban J connectivity index is 2.12. The van der Waals surface area contributed by atoms with Gasteiger partial charge in [0.25, 0.3) is 0 Å². The summed E-state index contributed by atoms with van der Waals surface area (Å²) in [6.07, 6.45) is 2.46. The van der Waals surface area contributed by atoms with Gasteiger partial charge in [-0.1, -0.05) is 48.4 Å². The Morgan fingerprint density at radius 3 is 2.48 bits per heavy atom. The number of benzene rings is 1. The second kappa shape index (κ2) is 7.07. The first-order chi connectivity index (χ1) is 10.0. The molecular formula is C16H23ClN4. The molecule has 2 rings (SSSR count). The topological polar surface area (TPSA) is 55.9 Å². The van der Waals surface area contributed by atoms with Gasteiger partial charge in [-0.2, -0.15) is 5.10 Å². The molecule has 0 spiro atoms. The van der Waals surface area contributed by atoms with E-state index in [4.69, 9.17) is 17.4 Å². The monoisotopic (exact) mass is 306 g/mol. The van der Waals surface area contributed by atoms with E-state index in [1.54, 1.807) is 0 Å². The highest BCUT2D eigenvalue weighted by molar-refractivity contribution is 6.31. The molecule has 21 heavy (non-hydrogen) atoms. The van der Waals surface area contributed by atoms with Gasteiger partial charge in [-0.15, -0.1) is 0 Å². The standard InChI is InChI=1S/C16H23ClN4/c1-4-14-16(17)15(21(3)20-14)10-13(19-18)9-12-7-5-11(2)6-8-12/h5-8,13,19H,4,9-10,18H2,1-3H3. The van der Waals surface area contributed by atoms with E-state index < -0.39 is 0 Å². The zero-order valence-electron chi connectivity index (χ0n) is 12.9. The van der Waals surface area contributed by atoms with Crippen molar-refractivity contribution >= 4 is 11.6 Å². The van der Waals surface area contributed by atoms with Crippen LogP contribution in [0.3, 0.4) is 0 Å². The second-order valence-corrected chi connectivity index (χ2v) is 5.82. The molecule has 0 saturated carbocycles. The number of aryl methyl sites for hydroxylation is 3. The van der Waals surface area contributed by atoms with E-state index in [2.05, 4.69) is 48.6 Å². The fourth-order valence-corrected chi connectivity index (χ4v) is 2.84. The first-order valence-corrected chi connectivity index (χ1v) is 7.64. The number of halogens is 1. The van der Waals surface area contributed by atoms with Gasteiger partial charge in [0.1, 0.15) is 0 Å². The number of hydrogen-bond acceptors (Lipinski definition) is 3. The summed E-state index contributed by atoms with van der Waals surface area (Å²) >= 11 is 6.40. The Morgan fingerprint density at radius 1 is 1.29 bits per heavy atom. The molecule has 1 unspecified atom stereocenters. The number of nitrogens with one attached hydrogen (secondary N) is 1. The van der Waals surface area contributed by atoms with E-state index in [-0.39, 0.29) is 6.04 Å². The lowest BCUT2D eigenvalue weighted by Crippen LogP contribution is -2.39. The maximum Gasteiger partial charge on any atom is 0.0850 e. The van der Waals surface area contributed by atoms with Crippen LogP contribution in [0.4, 0.5) is 0 Å². The molecule has 1 heterocycles. The van der Waals surface area contributed by atoms with Crippen molar-refractivity contribution < 1.29 is 0 Å². The lowest BCUT2D eigenvalue weighted by molar-refractivity contribution is 0.505. The molecule has 1 aromatic carbocycles. The molecular weight excluding hydrogens is 284 g/mol. The van der Waals surface area contributed by atoms with E-state index >= 15 is 0 Å². The molecule has 0 saturated heterocycles. The average molecular weight is 307 g/mol. The summed E-state index contributed by atoms with van der Waals surface area (Å²) in [4.78, 5) is 0. The molecule has 0 aliphatic heterocycles. The first kappa shape index (κ1) is 16.0. The molecule has 0 fully saturated rings. The number of nitrogens with two attached hydrogens (primary N) is 1. The Kier molecular flexibility index (Phi) is 5.39. The Morgan fingerprint density at radius 2 is 1.95 bits per heavy atom. The fourth-order valence-electron chi connectivity index (χ4n) is 2.47. The Bertz CT molecular complexity index is 589. The van der Waals surface area contributed by atoms with E-state index in [1.165, 1.54) is 11.1 Å². The molecule has 2 aromatic rings. The summed E-state index contributed by atoms with van der Waals surface area (Å²) in [7, 11) is 1.93. The van der Waals surface area contributed by atoms with Crippen LogP contribution >= 0.6 is 11.6 Å². The van der Waals surface area contributed by atoms with Crippen molar-refractivity contribution in [3.63, 3.8) is 0 Å². The van der Waals surface area contributed by atoms with Crippen LogP contribution < -0.4 is 11.3 Å². The van der Waals surface area contributed by atoms with Crippen LogP contribution in [0.2, 0.25) is 5.02 Å². The maximum absolute atomic E-state index is 6.40. The van der Waals surface area contributed by atoms with Gasteiger partial charge in [-0.3, -0.25) is 16.0 Å². The molecule has 1 atom stereocenters. The maximum atomic E-state index is 6.40. The molecule has 0 aliphatic rings. The summed E-state index contributed by atoms with van der Waals surface area (Å²) < 4.78 is 1.86. The zero-order valence-corrected chi connectivity index (χ0v) is 13.6. The van der Waals surface area contributed by atoms with Crippen LogP contribution in [-0.2, 0) is 26.3 Å². The normalized spacial score (nSPS) is 12.6.